The number of carbonyl (C=O) groups is 1. The van der Waals surface area contributed by atoms with Crippen molar-refractivity contribution in [1.82, 2.24) is 19.9 Å². The number of benzene rings is 1. The molecule has 0 fully saturated rings. The van der Waals surface area contributed by atoms with Crippen LogP contribution in [-0.2, 0) is 0 Å². The van der Waals surface area contributed by atoms with Gasteiger partial charge in [-0.15, -0.1) is 5.10 Å². The lowest BCUT2D eigenvalue weighted by atomic mass is 10.0. The fourth-order valence-corrected chi connectivity index (χ4v) is 2.49. The Morgan fingerprint density at radius 2 is 2.14 bits per heavy atom. The largest absolute Gasteiger partial charge is 0.476 e. The molecule has 6 nitrogen and oxygen atoms in total. The molecule has 1 N–H and O–H groups in total. The molecule has 1 aliphatic heterocycles. The van der Waals surface area contributed by atoms with E-state index in [1.165, 1.54) is 10.7 Å². The highest BCUT2D eigenvalue weighted by molar-refractivity contribution is 5.91. The van der Waals surface area contributed by atoms with Crippen molar-refractivity contribution in [2.75, 3.05) is 20.1 Å². The van der Waals surface area contributed by atoms with E-state index in [1.807, 2.05) is 13.1 Å². The maximum Gasteiger partial charge on any atom is 0.358 e. The Labute approximate surface area is 126 Å². The first-order valence-electron chi connectivity index (χ1n) is 6.90. The van der Waals surface area contributed by atoms with Gasteiger partial charge in [0.15, 0.2) is 5.69 Å². The second kappa shape index (κ2) is 5.69. The maximum atomic E-state index is 14.0. The van der Waals surface area contributed by atoms with Crippen LogP contribution in [0.25, 0.3) is 11.3 Å². The number of nitrogens with zero attached hydrogens (tertiary/aromatic N) is 4. The minimum absolute atomic E-state index is 0.154. The number of carboxylic acid groups (broad SMARTS) is 1. The van der Waals surface area contributed by atoms with Crippen molar-refractivity contribution in [3.8, 4) is 5.69 Å². The van der Waals surface area contributed by atoms with Gasteiger partial charge in [0.05, 0.1) is 0 Å². The number of aromatic carboxylic acids is 1. The van der Waals surface area contributed by atoms with Gasteiger partial charge in [0.2, 0.25) is 0 Å². The predicted octanol–water partition coefficient (Wildman–Crippen LogP) is 1.82. The van der Waals surface area contributed by atoms with Crippen LogP contribution in [0.5, 0.6) is 0 Å². The fraction of sp³-hybridized carbons (Fsp3) is 0.267. The topological polar surface area (TPSA) is 71.2 Å². The summed E-state index contributed by atoms with van der Waals surface area (Å²) < 4.78 is 15.3. The average Bonchev–Trinajstić information content (AvgIpc) is 2.93. The molecule has 7 heteroatoms. The van der Waals surface area contributed by atoms with E-state index in [1.54, 1.807) is 18.2 Å². The van der Waals surface area contributed by atoms with Gasteiger partial charge in [-0.1, -0.05) is 23.4 Å². The molecule has 0 unspecified atom stereocenters. The highest BCUT2D eigenvalue weighted by atomic mass is 19.1. The van der Waals surface area contributed by atoms with E-state index in [9.17, 15) is 14.3 Å². The molecule has 1 aliphatic rings. The van der Waals surface area contributed by atoms with Crippen LogP contribution in [0.3, 0.4) is 0 Å². The third-order valence-corrected chi connectivity index (χ3v) is 3.67. The van der Waals surface area contributed by atoms with Crippen molar-refractivity contribution >= 4 is 11.5 Å². The van der Waals surface area contributed by atoms with Crippen molar-refractivity contribution in [3.05, 3.63) is 47.5 Å². The van der Waals surface area contributed by atoms with Crippen LogP contribution >= 0.6 is 0 Å². The zero-order valence-corrected chi connectivity index (χ0v) is 12.0. The fourth-order valence-electron chi connectivity index (χ4n) is 2.49. The summed E-state index contributed by atoms with van der Waals surface area (Å²) in [5.74, 6) is -1.64. The number of halogens is 1. The number of carboxylic acids is 1. The Bertz CT molecular complexity index is 754. The molecule has 1 aromatic carbocycles. The van der Waals surface area contributed by atoms with Crippen LogP contribution in [0.4, 0.5) is 4.39 Å². The van der Waals surface area contributed by atoms with E-state index >= 15 is 0 Å². The molecular weight excluding hydrogens is 287 g/mol. The summed E-state index contributed by atoms with van der Waals surface area (Å²) in [7, 11) is 1.98. The Morgan fingerprint density at radius 1 is 1.36 bits per heavy atom. The van der Waals surface area contributed by atoms with Crippen LogP contribution < -0.4 is 0 Å². The molecule has 3 rings (SSSR count). The minimum Gasteiger partial charge on any atom is -0.476 e. The van der Waals surface area contributed by atoms with Crippen LogP contribution in [0, 0.1) is 5.82 Å². The van der Waals surface area contributed by atoms with E-state index < -0.39 is 11.8 Å². The lowest BCUT2D eigenvalue weighted by Crippen LogP contribution is -2.24. The first-order chi connectivity index (χ1) is 10.6. The van der Waals surface area contributed by atoms with Gasteiger partial charge in [-0.05, 0) is 31.2 Å². The predicted molar refractivity (Wildman–Crippen MR) is 78.4 cm³/mol. The standard InChI is InChI=1S/C15H15FN4O2/c1-19-8-6-10(7-9-19)14-13(15(21)22)17-18-20(14)12-5-3-2-4-11(12)16/h2-6H,7-9H2,1H3,(H,21,22). The Hall–Kier alpha value is -2.54. The molecule has 0 atom stereocenters. The molecule has 0 saturated carbocycles. The van der Waals surface area contributed by atoms with Crippen molar-refractivity contribution in [2.24, 2.45) is 0 Å². The molecule has 114 valence electrons. The Kier molecular flexibility index (Phi) is 3.72. The first-order valence-corrected chi connectivity index (χ1v) is 6.90. The summed E-state index contributed by atoms with van der Waals surface area (Å²) in [6.07, 6.45) is 2.60. The van der Waals surface area contributed by atoms with Crippen molar-refractivity contribution in [1.29, 1.82) is 0 Å². The summed E-state index contributed by atoms with van der Waals surface area (Å²) in [4.78, 5) is 13.5. The zero-order chi connectivity index (χ0) is 15.7. The van der Waals surface area contributed by atoms with Crippen LogP contribution in [0.15, 0.2) is 30.3 Å². The summed E-state index contributed by atoms with van der Waals surface area (Å²) in [5.41, 5.74) is 1.21. The quantitative estimate of drug-likeness (QED) is 0.936. The maximum absolute atomic E-state index is 14.0. The highest BCUT2D eigenvalue weighted by Crippen LogP contribution is 2.27. The smallest absolute Gasteiger partial charge is 0.358 e. The minimum atomic E-state index is -1.17. The third-order valence-electron chi connectivity index (χ3n) is 3.67. The second-order valence-corrected chi connectivity index (χ2v) is 5.20. The normalized spacial score (nSPS) is 15.6. The molecule has 0 radical (unpaired) electrons. The Balaban J connectivity index is 2.17. The lowest BCUT2D eigenvalue weighted by molar-refractivity contribution is 0.0690. The summed E-state index contributed by atoms with van der Waals surface area (Å²) in [5, 5.41) is 16.9. The Morgan fingerprint density at radius 3 is 2.77 bits per heavy atom. The van der Waals surface area contributed by atoms with Gasteiger partial charge in [-0.3, -0.25) is 0 Å². The van der Waals surface area contributed by atoms with Crippen molar-refractivity contribution < 1.29 is 14.3 Å². The SMILES string of the molecule is CN1CC=C(c2c(C(=O)O)nnn2-c2ccccc2F)CC1. The number of hydrogen-bond acceptors (Lipinski definition) is 4. The molecule has 0 aliphatic carbocycles. The van der Waals surface area contributed by atoms with Crippen molar-refractivity contribution in [2.45, 2.75) is 6.42 Å². The molecule has 0 spiro atoms. The van der Waals surface area contributed by atoms with E-state index in [2.05, 4.69) is 15.2 Å². The van der Waals surface area contributed by atoms with Gasteiger partial charge >= 0.3 is 5.97 Å². The highest BCUT2D eigenvalue weighted by Gasteiger charge is 2.25. The van der Waals surface area contributed by atoms with Crippen molar-refractivity contribution in [3.63, 3.8) is 0 Å². The summed E-state index contributed by atoms with van der Waals surface area (Å²) in [6, 6.07) is 6.11. The summed E-state index contributed by atoms with van der Waals surface area (Å²) >= 11 is 0. The molecule has 22 heavy (non-hydrogen) atoms. The third kappa shape index (κ3) is 2.50. The molecule has 0 saturated heterocycles. The number of hydrogen-bond donors (Lipinski definition) is 1. The van der Waals surface area contributed by atoms with Gasteiger partial charge < -0.3 is 10.0 Å². The molecule has 1 aromatic heterocycles. The van der Waals surface area contributed by atoms with E-state index in [0.717, 1.165) is 12.1 Å². The number of rotatable bonds is 3. The van der Waals surface area contributed by atoms with E-state index in [4.69, 9.17) is 0 Å². The molecule has 2 aromatic rings. The van der Waals surface area contributed by atoms with Crippen LogP contribution in [0.1, 0.15) is 22.6 Å². The van der Waals surface area contributed by atoms with Gasteiger partial charge in [0.1, 0.15) is 17.2 Å². The number of para-hydroxylation sites is 1. The monoisotopic (exact) mass is 302 g/mol. The number of aromatic nitrogens is 3. The van der Waals surface area contributed by atoms with E-state index in [0.29, 0.717) is 18.7 Å². The molecule has 0 amide bonds. The van der Waals surface area contributed by atoms with Gasteiger partial charge in [0.25, 0.3) is 0 Å². The van der Waals surface area contributed by atoms with Crippen LogP contribution in [0.2, 0.25) is 0 Å². The molecule has 2 heterocycles. The number of likely N-dealkylation sites (N-methyl/N-ethyl adjacent to an activating group) is 1. The van der Waals surface area contributed by atoms with E-state index in [-0.39, 0.29) is 11.4 Å². The second-order valence-electron chi connectivity index (χ2n) is 5.20. The average molecular weight is 302 g/mol. The van der Waals surface area contributed by atoms with Gasteiger partial charge in [-0.25, -0.2) is 13.9 Å². The zero-order valence-electron chi connectivity index (χ0n) is 12.0. The molecule has 0 bridgehead atoms. The van der Waals surface area contributed by atoms with Gasteiger partial charge in [0, 0.05) is 13.1 Å². The van der Waals surface area contributed by atoms with Crippen LogP contribution in [-0.4, -0.2) is 51.1 Å². The molecular formula is C15H15FN4O2. The summed E-state index contributed by atoms with van der Waals surface area (Å²) in [6.45, 7) is 1.50. The lowest BCUT2D eigenvalue weighted by Gasteiger charge is -2.22. The first kappa shape index (κ1) is 14.4. The van der Waals surface area contributed by atoms with Gasteiger partial charge in [-0.2, -0.15) is 0 Å².